The van der Waals surface area contributed by atoms with Gasteiger partial charge in [-0.15, -0.1) is 0 Å². The molecule has 17 heteroatoms. The summed E-state index contributed by atoms with van der Waals surface area (Å²) in [4.78, 5) is 74.8. The van der Waals surface area contributed by atoms with E-state index in [0.29, 0.717) is 31.1 Å². The van der Waals surface area contributed by atoms with Crippen LogP contribution in [0, 0.1) is 30.6 Å². The predicted molar refractivity (Wildman–Crippen MR) is 238 cm³/mol. The van der Waals surface area contributed by atoms with Crippen LogP contribution < -0.4 is 19.5 Å². The maximum absolute atomic E-state index is 15.1. The molecule has 0 radical (unpaired) electrons. The number of ketones is 3. The van der Waals surface area contributed by atoms with Gasteiger partial charge in [-0.25, -0.2) is 0 Å². The molecule has 5 bridgehead atoms. The molecular formula is C49H59N3O14. The largest absolute Gasteiger partial charge is 0.507 e. The Kier molecular flexibility index (Phi) is 13.9. The number of amides is 1. The van der Waals surface area contributed by atoms with E-state index < -0.39 is 94.4 Å². The van der Waals surface area contributed by atoms with E-state index in [4.69, 9.17) is 28.4 Å². The number of aliphatic hydroxyl groups excluding tert-OH is 2. The number of nitrogens with zero attached hydrogens (tertiary/aromatic N) is 2. The highest BCUT2D eigenvalue weighted by molar-refractivity contribution is 6.32. The number of nitrogens with one attached hydrogen (secondary N) is 1. The van der Waals surface area contributed by atoms with Crippen molar-refractivity contribution in [2.75, 3.05) is 40.1 Å². The second kappa shape index (κ2) is 19.1. The zero-order valence-electron chi connectivity index (χ0n) is 38.7. The summed E-state index contributed by atoms with van der Waals surface area (Å²) in [7, 11) is 1.43. The van der Waals surface area contributed by atoms with Crippen LogP contribution in [0.4, 0.5) is 0 Å². The fourth-order valence-electron chi connectivity index (χ4n) is 9.40. The Morgan fingerprint density at radius 2 is 1.59 bits per heavy atom. The van der Waals surface area contributed by atoms with Gasteiger partial charge in [0.05, 0.1) is 41.3 Å². The number of methoxy groups -OCH3 is 1. The maximum atomic E-state index is 15.1. The lowest BCUT2D eigenvalue weighted by Crippen LogP contribution is -2.49. The normalized spacial score (nSPS) is 29.7. The van der Waals surface area contributed by atoms with E-state index in [0.717, 1.165) is 5.56 Å². The molecule has 5 aliphatic heterocycles. The van der Waals surface area contributed by atoms with E-state index in [-0.39, 0.29) is 59.3 Å². The van der Waals surface area contributed by atoms with Crippen LogP contribution in [0.5, 0.6) is 23.0 Å². The average Bonchev–Trinajstić information content (AvgIpc) is 3.87. The topological polar surface area (TPSA) is 220 Å². The second-order valence-corrected chi connectivity index (χ2v) is 18.0. The number of hydrogen-bond donors (Lipinski definition) is 4. The highest BCUT2D eigenvalue weighted by Gasteiger charge is 2.53. The molecule has 2 aromatic rings. The number of fused-ring (bicyclic) bond motifs is 15. The van der Waals surface area contributed by atoms with Crippen LogP contribution in [0.1, 0.15) is 90.7 Å². The first kappa shape index (κ1) is 47.9. The first-order valence-electron chi connectivity index (χ1n) is 22.2. The Morgan fingerprint density at radius 1 is 0.894 bits per heavy atom. The van der Waals surface area contributed by atoms with E-state index in [9.17, 15) is 34.5 Å². The van der Waals surface area contributed by atoms with Gasteiger partial charge in [0.15, 0.2) is 11.5 Å². The SMILES string of the molecule is COC1C=COC2(C)Oc3c(C)c(O)c4c(c3C2=O)C(=O)C(N2CCN(Cc3ccc5c(c3)OCO5)CC2)=C(NC(=O)C(C)=CC=CC(C)C(O)C(C)C(O)C(C)C(OC(C)=O)C1C)C4=O. The molecule has 1 amide bonds. The summed E-state index contributed by atoms with van der Waals surface area (Å²) < 4.78 is 34.7. The van der Waals surface area contributed by atoms with E-state index >= 15 is 4.79 Å². The van der Waals surface area contributed by atoms with Crippen LogP contribution in [0.25, 0.3) is 0 Å². The number of aliphatic hydroxyl groups is 2. The van der Waals surface area contributed by atoms with E-state index in [1.54, 1.807) is 44.7 Å². The molecule has 8 rings (SSSR count). The molecule has 66 heavy (non-hydrogen) atoms. The van der Waals surface area contributed by atoms with Gasteiger partial charge >= 0.3 is 11.8 Å². The molecule has 9 unspecified atom stereocenters. The van der Waals surface area contributed by atoms with Crippen molar-refractivity contribution in [3.05, 3.63) is 93.5 Å². The summed E-state index contributed by atoms with van der Waals surface area (Å²) in [5.74, 6) is -7.85. The van der Waals surface area contributed by atoms with Gasteiger partial charge in [0.2, 0.25) is 18.4 Å². The van der Waals surface area contributed by atoms with Gasteiger partial charge in [-0.3, -0.25) is 28.9 Å². The van der Waals surface area contributed by atoms with Crippen molar-refractivity contribution >= 4 is 29.2 Å². The molecular weight excluding hydrogens is 855 g/mol. The molecule has 17 nitrogen and oxygen atoms in total. The number of benzene rings is 2. The first-order valence-corrected chi connectivity index (χ1v) is 22.2. The van der Waals surface area contributed by atoms with Gasteiger partial charge in [0.25, 0.3) is 11.7 Å². The number of rotatable bonds is 5. The standard InChI is InChI=1S/C49H59N3O14/c1-24-11-10-12-25(2)48(60)50-38-39(52-18-16-51(17-19-52)22-31-13-14-33-34(21-31)63-23-62-33)44(58)35-36(43(38)57)42(56)29(6)46-37(35)47(59)49(8,66-46)64-20-15-32(61-9)26(3)45(65-30(7)53)28(5)41(55)27(4)40(24)54/h10-15,20-21,24,26-28,32,40-41,45,54-56H,16-19,22-23H2,1-9H3,(H,50,60). The number of phenolic OH excluding ortho intramolecular Hbond substituents is 1. The van der Waals surface area contributed by atoms with Crippen molar-refractivity contribution in [1.82, 2.24) is 15.1 Å². The Balaban J connectivity index is 1.29. The fraction of sp³-hybridized carbons (Fsp3) is 0.490. The molecule has 1 saturated heterocycles. The van der Waals surface area contributed by atoms with Crippen LogP contribution >= 0.6 is 0 Å². The molecule has 9 atom stereocenters. The van der Waals surface area contributed by atoms with Gasteiger partial charge < -0.3 is 54.0 Å². The Morgan fingerprint density at radius 3 is 2.27 bits per heavy atom. The number of piperazine rings is 1. The second-order valence-electron chi connectivity index (χ2n) is 18.0. The molecule has 2 aromatic carbocycles. The van der Waals surface area contributed by atoms with Crippen LogP contribution in [-0.2, 0) is 30.3 Å². The number of carbonyl (C=O) groups is 5. The highest BCUT2D eigenvalue weighted by Crippen LogP contribution is 2.49. The van der Waals surface area contributed by atoms with Crippen molar-refractivity contribution in [2.45, 2.75) is 92.1 Å². The lowest BCUT2D eigenvalue weighted by atomic mass is 9.78. The Labute approximate surface area is 383 Å². The molecule has 1 aliphatic carbocycles. The van der Waals surface area contributed by atoms with Gasteiger partial charge in [0, 0.05) is 88.5 Å². The van der Waals surface area contributed by atoms with Gasteiger partial charge in [-0.05, 0) is 37.6 Å². The molecule has 0 aromatic heterocycles. The summed E-state index contributed by atoms with van der Waals surface area (Å²) in [6, 6.07) is 5.72. The van der Waals surface area contributed by atoms with Crippen LogP contribution in [0.2, 0.25) is 0 Å². The minimum Gasteiger partial charge on any atom is -0.507 e. The summed E-state index contributed by atoms with van der Waals surface area (Å²) in [6.45, 7) is 14.6. The van der Waals surface area contributed by atoms with E-state index in [2.05, 4.69) is 10.2 Å². The van der Waals surface area contributed by atoms with Crippen molar-refractivity contribution < 1.29 is 67.7 Å². The van der Waals surface area contributed by atoms with Crippen molar-refractivity contribution in [1.29, 1.82) is 0 Å². The van der Waals surface area contributed by atoms with Gasteiger partial charge in [-0.2, -0.15) is 0 Å². The third-order valence-electron chi connectivity index (χ3n) is 13.5. The summed E-state index contributed by atoms with van der Waals surface area (Å²) in [5, 5.41) is 37.4. The monoisotopic (exact) mass is 913 g/mol. The highest BCUT2D eigenvalue weighted by atomic mass is 16.7. The third kappa shape index (κ3) is 8.96. The molecule has 0 spiro atoms. The molecule has 6 aliphatic rings. The number of allylic oxidation sites excluding steroid dienone is 4. The molecule has 354 valence electrons. The number of carbonyl (C=O) groups excluding carboxylic acids is 5. The van der Waals surface area contributed by atoms with Gasteiger partial charge in [-0.1, -0.05) is 52.0 Å². The Hall–Kier alpha value is -6.01. The van der Waals surface area contributed by atoms with Crippen LogP contribution in [0.3, 0.4) is 0 Å². The lowest BCUT2D eigenvalue weighted by molar-refractivity contribution is -0.160. The third-order valence-corrected chi connectivity index (χ3v) is 13.5. The number of Topliss-reactive ketones (excluding diaryl/α,β-unsaturated/α-hetero) is 3. The van der Waals surface area contributed by atoms with E-state index in [1.165, 1.54) is 53.2 Å². The van der Waals surface area contributed by atoms with Crippen molar-refractivity contribution in [3.63, 3.8) is 0 Å². The number of hydrogen-bond acceptors (Lipinski definition) is 16. The minimum atomic E-state index is -2.10. The van der Waals surface area contributed by atoms with Gasteiger partial charge in [0.1, 0.15) is 29.0 Å². The van der Waals surface area contributed by atoms with Crippen molar-refractivity contribution in [2.24, 2.45) is 23.7 Å². The number of aromatic hydroxyl groups is 1. The molecule has 4 N–H and O–H groups in total. The first-order chi connectivity index (χ1) is 31.3. The maximum Gasteiger partial charge on any atom is 0.312 e. The number of esters is 1. The lowest BCUT2D eigenvalue weighted by Gasteiger charge is -2.39. The summed E-state index contributed by atoms with van der Waals surface area (Å²) in [5.41, 5.74) is -0.464. The Bertz CT molecular complexity index is 2430. The predicted octanol–water partition coefficient (Wildman–Crippen LogP) is 4.50. The average molecular weight is 914 g/mol. The molecule has 0 saturated carbocycles. The zero-order valence-corrected chi connectivity index (χ0v) is 38.7. The number of ether oxygens (including phenoxy) is 6. The summed E-state index contributed by atoms with van der Waals surface area (Å²) in [6.07, 6.45) is 3.44. The minimum absolute atomic E-state index is 0.00163. The zero-order chi connectivity index (χ0) is 47.9. The smallest absolute Gasteiger partial charge is 0.312 e. The van der Waals surface area contributed by atoms with Crippen LogP contribution in [-0.4, -0.2) is 125 Å². The molecule has 1 fully saturated rings. The fourth-order valence-corrected chi connectivity index (χ4v) is 9.40. The molecule has 5 heterocycles. The summed E-state index contributed by atoms with van der Waals surface area (Å²) >= 11 is 0. The van der Waals surface area contributed by atoms with Crippen molar-refractivity contribution in [3.8, 4) is 23.0 Å². The quantitative estimate of drug-likeness (QED) is 0.304. The van der Waals surface area contributed by atoms with E-state index in [1.807, 2.05) is 18.2 Å². The number of phenols is 1. The van der Waals surface area contributed by atoms with Crippen LogP contribution in [0.15, 0.2) is 65.7 Å².